The summed E-state index contributed by atoms with van der Waals surface area (Å²) in [6, 6.07) is 0. The van der Waals surface area contributed by atoms with Crippen LogP contribution in [0.15, 0.2) is 12.4 Å². The van der Waals surface area contributed by atoms with Crippen LogP contribution in [0.5, 0.6) is 0 Å². The van der Waals surface area contributed by atoms with Crippen molar-refractivity contribution in [2.24, 2.45) is 13.0 Å². The van der Waals surface area contributed by atoms with Crippen molar-refractivity contribution in [2.45, 2.75) is 39.0 Å². The van der Waals surface area contributed by atoms with E-state index >= 15 is 0 Å². The van der Waals surface area contributed by atoms with Gasteiger partial charge in [-0.15, -0.1) is 0 Å². The molecule has 0 spiro atoms. The average molecular weight is 288 g/mol. The summed E-state index contributed by atoms with van der Waals surface area (Å²) in [6.45, 7) is 2.17. The number of carboxylic acid groups (broad SMARTS) is 1. The maximum atomic E-state index is 11.5. The highest BCUT2D eigenvalue weighted by Crippen LogP contribution is 2.32. The first-order valence-electron chi connectivity index (χ1n) is 7.43. The topological polar surface area (TPSA) is 72.9 Å². The van der Waals surface area contributed by atoms with Crippen LogP contribution in [0.3, 0.4) is 0 Å². The number of rotatable bonds is 4. The van der Waals surface area contributed by atoms with E-state index in [9.17, 15) is 9.90 Å². The highest BCUT2D eigenvalue weighted by Gasteiger charge is 2.29. The van der Waals surface area contributed by atoms with Gasteiger partial charge in [-0.3, -0.25) is 4.68 Å². The molecule has 1 aliphatic carbocycles. The van der Waals surface area contributed by atoms with Crippen molar-refractivity contribution >= 4 is 5.97 Å². The van der Waals surface area contributed by atoms with E-state index in [1.807, 2.05) is 13.2 Å². The maximum absolute atomic E-state index is 11.5. The minimum Gasteiger partial charge on any atom is -0.476 e. The van der Waals surface area contributed by atoms with Crippen LogP contribution in [-0.4, -0.2) is 30.6 Å². The molecule has 0 amide bonds. The summed E-state index contributed by atoms with van der Waals surface area (Å²) >= 11 is 0. The number of carboxylic acids is 1. The van der Waals surface area contributed by atoms with Gasteiger partial charge in [-0.1, -0.05) is 19.8 Å². The molecule has 2 heterocycles. The second-order valence-corrected chi connectivity index (χ2v) is 5.76. The Kier molecular flexibility index (Phi) is 3.53. The number of hydrogen-bond donors (Lipinski definition) is 1. The lowest BCUT2D eigenvalue weighted by Crippen LogP contribution is -2.16. The monoisotopic (exact) mass is 288 g/mol. The summed E-state index contributed by atoms with van der Waals surface area (Å²) in [5.74, 6) is -0.363. The van der Waals surface area contributed by atoms with Crippen molar-refractivity contribution < 1.29 is 9.90 Å². The Balaban J connectivity index is 2.05. The van der Waals surface area contributed by atoms with Gasteiger partial charge in [0.2, 0.25) is 0 Å². The van der Waals surface area contributed by atoms with Crippen molar-refractivity contribution in [3.63, 3.8) is 0 Å². The van der Waals surface area contributed by atoms with Crippen LogP contribution in [0, 0.1) is 5.92 Å². The van der Waals surface area contributed by atoms with E-state index in [4.69, 9.17) is 0 Å². The molecule has 6 nitrogen and oxygen atoms in total. The first-order valence-corrected chi connectivity index (χ1v) is 7.43. The molecule has 0 fully saturated rings. The minimum atomic E-state index is -0.939. The Labute approximate surface area is 123 Å². The predicted molar refractivity (Wildman–Crippen MR) is 77.7 cm³/mol. The Morgan fingerprint density at radius 2 is 2.33 bits per heavy atom. The molecular formula is C15H20N4O2. The van der Waals surface area contributed by atoms with Crippen molar-refractivity contribution in [3.05, 3.63) is 29.3 Å². The van der Waals surface area contributed by atoms with Gasteiger partial charge in [0, 0.05) is 18.3 Å². The van der Waals surface area contributed by atoms with E-state index < -0.39 is 5.97 Å². The van der Waals surface area contributed by atoms with Crippen LogP contribution < -0.4 is 0 Å². The summed E-state index contributed by atoms with van der Waals surface area (Å²) < 4.78 is 3.46. The third-order valence-electron chi connectivity index (χ3n) is 4.21. The van der Waals surface area contributed by atoms with E-state index in [-0.39, 0.29) is 5.69 Å². The molecule has 0 radical (unpaired) electrons. The van der Waals surface area contributed by atoms with Gasteiger partial charge < -0.3 is 5.11 Å². The fraction of sp³-hybridized carbons (Fsp3) is 0.533. The summed E-state index contributed by atoms with van der Waals surface area (Å²) in [7, 11) is 1.84. The molecule has 6 heteroatoms. The van der Waals surface area contributed by atoms with E-state index in [1.54, 1.807) is 15.6 Å². The van der Waals surface area contributed by atoms with Crippen LogP contribution in [0.1, 0.15) is 47.9 Å². The number of fused-ring (bicyclic) bond motifs is 1. The normalized spacial score (nSPS) is 17.7. The van der Waals surface area contributed by atoms with Crippen molar-refractivity contribution in [1.29, 1.82) is 0 Å². The Morgan fingerprint density at radius 3 is 2.95 bits per heavy atom. The lowest BCUT2D eigenvalue weighted by atomic mass is 9.84. The average Bonchev–Trinajstić information content (AvgIpc) is 3.02. The highest BCUT2D eigenvalue weighted by atomic mass is 16.4. The predicted octanol–water partition coefficient (Wildman–Crippen LogP) is 2.21. The third-order valence-corrected chi connectivity index (χ3v) is 4.21. The summed E-state index contributed by atoms with van der Waals surface area (Å²) in [6.07, 6.45) is 8.68. The molecule has 112 valence electrons. The minimum absolute atomic E-state index is 0.203. The fourth-order valence-electron chi connectivity index (χ4n) is 3.25. The van der Waals surface area contributed by atoms with E-state index in [1.165, 1.54) is 0 Å². The van der Waals surface area contributed by atoms with Crippen LogP contribution in [0.2, 0.25) is 0 Å². The molecule has 1 unspecified atom stereocenters. The zero-order valence-electron chi connectivity index (χ0n) is 12.4. The molecule has 0 aliphatic heterocycles. The quantitative estimate of drug-likeness (QED) is 0.936. The number of aryl methyl sites for hydroxylation is 1. The number of nitrogens with zero attached hydrogens (tertiary/aromatic N) is 4. The molecule has 3 rings (SSSR count). The number of aromatic nitrogens is 4. The largest absolute Gasteiger partial charge is 0.476 e. The van der Waals surface area contributed by atoms with Crippen LogP contribution >= 0.6 is 0 Å². The molecule has 21 heavy (non-hydrogen) atoms. The second kappa shape index (κ2) is 5.35. The van der Waals surface area contributed by atoms with Crippen molar-refractivity contribution in [2.75, 3.05) is 0 Å². The molecular weight excluding hydrogens is 268 g/mol. The number of aromatic carboxylic acids is 1. The van der Waals surface area contributed by atoms with Gasteiger partial charge in [-0.2, -0.15) is 10.2 Å². The Morgan fingerprint density at radius 1 is 1.52 bits per heavy atom. The lowest BCUT2D eigenvalue weighted by molar-refractivity contribution is 0.0688. The van der Waals surface area contributed by atoms with Crippen LogP contribution in [0.4, 0.5) is 0 Å². The van der Waals surface area contributed by atoms with E-state index in [0.29, 0.717) is 5.92 Å². The van der Waals surface area contributed by atoms with E-state index in [2.05, 4.69) is 17.1 Å². The molecule has 0 saturated carbocycles. The molecule has 0 aromatic carbocycles. The van der Waals surface area contributed by atoms with Gasteiger partial charge in [0.1, 0.15) is 5.69 Å². The molecule has 1 N–H and O–H groups in total. The highest BCUT2D eigenvalue weighted by molar-refractivity contribution is 5.87. The number of carbonyl (C=O) groups is 1. The zero-order chi connectivity index (χ0) is 15.0. The van der Waals surface area contributed by atoms with Crippen LogP contribution in [0.25, 0.3) is 5.69 Å². The first kappa shape index (κ1) is 13.9. The standard InChI is InChI=1S/C15H20N4O2/c1-3-4-10-5-6-13-12(7-10)14(15(20)21)17-19(13)11-8-16-18(2)9-11/h8-10H,3-7H2,1-2H3,(H,20,21). The molecule has 0 bridgehead atoms. The van der Waals surface area contributed by atoms with Gasteiger partial charge in [-0.05, 0) is 25.2 Å². The Hall–Kier alpha value is -2.11. The van der Waals surface area contributed by atoms with Crippen molar-refractivity contribution in [3.8, 4) is 5.69 Å². The van der Waals surface area contributed by atoms with Gasteiger partial charge in [0.05, 0.1) is 12.4 Å². The van der Waals surface area contributed by atoms with Gasteiger partial charge in [-0.25, -0.2) is 9.48 Å². The first-order chi connectivity index (χ1) is 10.1. The summed E-state index contributed by atoms with van der Waals surface area (Å²) in [5, 5.41) is 17.9. The summed E-state index contributed by atoms with van der Waals surface area (Å²) in [4.78, 5) is 11.5. The van der Waals surface area contributed by atoms with E-state index in [0.717, 1.165) is 49.0 Å². The van der Waals surface area contributed by atoms with Crippen LogP contribution in [-0.2, 0) is 19.9 Å². The lowest BCUT2D eigenvalue weighted by Gasteiger charge is -2.22. The van der Waals surface area contributed by atoms with Gasteiger partial charge >= 0.3 is 5.97 Å². The SMILES string of the molecule is CCCC1CCc2c(c(C(=O)O)nn2-c2cnn(C)c2)C1. The molecule has 1 atom stereocenters. The van der Waals surface area contributed by atoms with Crippen molar-refractivity contribution in [1.82, 2.24) is 19.6 Å². The van der Waals surface area contributed by atoms with Gasteiger partial charge in [0.25, 0.3) is 0 Å². The molecule has 2 aromatic heterocycles. The fourth-order valence-corrected chi connectivity index (χ4v) is 3.25. The molecule has 2 aromatic rings. The molecule has 0 saturated heterocycles. The maximum Gasteiger partial charge on any atom is 0.356 e. The second-order valence-electron chi connectivity index (χ2n) is 5.76. The Bertz CT molecular complexity index is 671. The number of hydrogen-bond acceptors (Lipinski definition) is 3. The third kappa shape index (κ3) is 2.46. The smallest absolute Gasteiger partial charge is 0.356 e. The summed E-state index contributed by atoms with van der Waals surface area (Å²) in [5.41, 5.74) is 2.98. The molecule has 1 aliphatic rings. The zero-order valence-corrected chi connectivity index (χ0v) is 12.4. The van der Waals surface area contributed by atoms with Gasteiger partial charge in [0.15, 0.2) is 5.69 Å².